The molecule has 2 aliphatic heterocycles. The van der Waals surface area contributed by atoms with Crippen LogP contribution in [-0.4, -0.2) is 11.8 Å². The minimum atomic E-state index is -0.219. The molecule has 3 rings (SSSR count). The van der Waals surface area contributed by atoms with Gasteiger partial charge in [-0.3, -0.25) is 14.5 Å². The van der Waals surface area contributed by atoms with Crippen LogP contribution in [0.2, 0.25) is 0 Å². The summed E-state index contributed by atoms with van der Waals surface area (Å²) in [4.78, 5) is 24.1. The lowest BCUT2D eigenvalue weighted by atomic mass is 10.1. The quantitative estimate of drug-likeness (QED) is 0.653. The average Bonchev–Trinajstić information content (AvgIpc) is 2.16. The standard InChI is InChI=1S/C10H6N2O2/c13-9-5-8-10(14)11-6-3-1-2-4-7(6)12(8)9/h1-5H,(H,11,14). The summed E-state index contributed by atoms with van der Waals surface area (Å²) in [5, 5.41) is 2.71. The van der Waals surface area contributed by atoms with Crippen LogP contribution in [-0.2, 0) is 9.59 Å². The second kappa shape index (κ2) is 2.23. The molecule has 2 heterocycles. The average molecular weight is 186 g/mol. The maximum Gasteiger partial charge on any atom is 0.273 e. The SMILES string of the molecule is O=C1Nc2ccccc2N2C(=O)C=C12. The molecule has 0 aromatic heterocycles. The van der Waals surface area contributed by atoms with E-state index in [1.54, 1.807) is 12.1 Å². The van der Waals surface area contributed by atoms with E-state index >= 15 is 0 Å². The molecule has 4 nitrogen and oxygen atoms in total. The lowest BCUT2D eigenvalue weighted by molar-refractivity contribution is -0.119. The number of hydrogen-bond donors (Lipinski definition) is 1. The van der Waals surface area contributed by atoms with Crippen molar-refractivity contribution < 1.29 is 9.59 Å². The third-order valence-electron chi connectivity index (χ3n) is 2.35. The summed E-state index contributed by atoms with van der Waals surface area (Å²) >= 11 is 0. The van der Waals surface area contributed by atoms with Crippen molar-refractivity contribution in [2.75, 3.05) is 10.2 Å². The second-order valence-corrected chi connectivity index (χ2v) is 3.17. The molecule has 0 bridgehead atoms. The Morgan fingerprint density at radius 1 is 1.14 bits per heavy atom. The Balaban J connectivity index is 2.23. The van der Waals surface area contributed by atoms with Crippen molar-refractivity contribution >= 4 is 23.2 Å². The first-order valence-corrected chi connectivity index (χ1v) is 4.23. The number of nitrogens with one attached hydrogen (secondary N) is 1. The number of hydrogen-bond acceptors (Lipinski definition) is 2. The molecule has 0 spiro atoms. The van der Waals surface area contributed by atoms with E-state index < -0.39 is 0 Å². The highest BCUT2D eigenvalue weighted by Crippen LogP contribution is 2.37. The van der Waals surface area contributed by atoms with Crippen molar-refractivity contribution in [2.24, 2.45) is 0 Å². The molecule has 0 unspecified atom stereocenters. The number of carbonyl (C=O) groups excluding carboxylic acids is 2. The maximum absolute atomic E-state index is 11.4. The fourth-order valence-electron chi connectivity index (χ4n) is 1.67. The van der Waals surface area contributed by atoms with Crippen LogP contribution in [0.1, 0.15) is 0 Å². The summed E-state index contributed by atoms with van der Waals surface area (Å²) in [5.74, 6) is -0.356. The number of benzene rings is 1. The van der Waals surface area contributed by atoms with Gasteiger partial charge in [-0.1, -0.05) is 12.1 Å². The van der Waals surface area contributed by atoms with Crippen LogP contribution in [0.15, 0.2) is 36.0 Å². The van der Waals surface area contributed by atoms with E-state index in [2.05, 4.69) is 5.32 Å². The zero-order valence-corrected chi connectivity index (χ0v) is 7.15. The number of nitrogens with zero attached hydrogens (tertiary/aromatic N) is 1. The van der Waals surface area contributed by atoms with Gasteiger partial charge in [-0.25, -0.2) is 0 Å². The topological polar surface area (TPSA) is 49.4 Å². The third-order valence-corrected chi connectivity index (χ3v) is 2.35. The number of para-hydroxylation sites is 2. The highest BCUT2D eigenvalue weighted by molar-refractivity contribution is 6.28. The number of anilines is 2. The lowest BCUT2D eigenvalue weighted by Gasteiger charge is -2.35. The summed E-state index contributed by atoms with van der Waals surface area (Å²) in [5.41, 5.74) is 1.85. The van der Waals surface area contributed by atoms with Gasteiger partial charge in [0.2, 0.25) is 0 Å². The van der Waals surface area contributed by atoms with Crippen molar-refractivity contribution in [1.29, 1.82) is 0 Å². The number of rotatable bonds is 0. The molecular formula is C10H6N2O2. The molecule has 0 atom stereocenters. The predicted molar refractivity (Wildman–Crippen MR) is 50.6 cm³/mol. The van der Waals surface area contributed by atoms with Crippen molar-refractivity contribution in [3.8, 4) is 0 Å². The Hall–Kier alpha value is -2.10. The molecule has 0 radical (unpaired) electrons. The second-order valence-electron chi connectivity index (χ2n) is 3.17. The minimum absolute atomic E-state index is 0.137. The lowest BCUT2D eigenvalue weighted by Crippen LogP contribution is -2.46. The molecular weight excluding hydrogens is 180 g/mol. The summed E-state index contributed by atoms with van der Waals surface area (Å²) in [6.45, 7) is 0. The van der Waals surface area contributed by atoms with Crippen LogP contribution in [0, 0.1) is 0 Å². The molecule has 1 aromatic carbocycles. The molecule has 4 heteroatoms. The smallest absolute Gasteiger partial charge is 0.273 e. The van der Waals surface area contributed by atoms with Crippen molar-refractivity contribution in [1.82, 2.24) is 0 Å². The molecule has 68 valence electrons. The van der Waals surface area contributed by atoms with Crippen LogP contribution >= 0.6 is 0 Å². The van der Waals surface area contributed by atoms with Gasteiger partial charge >= 0.3 is 0 Å². The van der Waals surface area contributed by atoms with E-state index in [1.165, 1.54) is 11.0 Å². The van der Waals surface area contributed by atoms with Gasteiger partial charge in [0.05, 0.1) is 11.4 Å². The van der Waals surface area contributed by atoms with Crippen molar-refractivity contribution in [3.63, 3.8) is 0 Å². The van der Waals surface area contributed by atoms with Gasteiger partial charge in [0.25, 0.3) is 11.8 Å². The van der Waals surface area contributed by atoms with Gasteiger partial charge < -0.3 is 5.32 Å². The Kier molecular flexibility index (Phi) is 1.16. The maximum atomic E-state index is 11.4. The van der Waals surface area contributed by atoms with E-state index in [1.807, 2.05) is 12.1 Å². The molecule has 0 saturated heterocycles. The van der Waals surface area contributed by atoms with E-state index in [0.717, 1.165) is 5.69 Å². The molecule has 14 heavy (non-hydrogen) atoms. The fourth-order valence-corrected chi connectivity index (χ4v) is 1.67. The number of carbonyl (C=O) groups is 2. The summed E-state index contributed by atoms with van der Waals surface area (Å²) in [7, 11) is 0. The van der Waals surface area contributed by atoms with Gasteiger partial charge in [-0.05, 0) is 12.1 Å². The number of amides is 2. The van der Waals surface area contributed by atoms with E-state index in [9.17, 15) is 9.59 Å². The van der Waals surface area contributed by atoms with Crippen LogP contribution in [0.3, 0.4) is 0 Å². The molecule has 0 fully saturated rings. The Bertz CT molecular complexity index is 491. The highest BCUT2D eigenvalue weighted by Gasteiger charge is 2.38. The van der Waals surface area contributed by atoms with E-state index in [0.29, 0.717) is 11.4 Å². The van der Waals surface area contributed by atoms with E-state index in [-0.39, 0.29) is 11.8 Å². The van der Waals surface area contributed by atoms with Gasteiger partial charge in [0.1, 0.15) is 5.70 Å². The molecule has 1 aromatic rings. The van der Waals surface area contributed by atoms with Crippen LogP contribution in [0.25, 0.3) is 0 Å². The molecule has 1 N–H and O–H groups in total. The zero-order valence-electron chi connectivity index (χ0n) is 7.15. The van der Waals surface area contributed by atoms with Crippen LogP contribution < -0.4 is 10.2 Å². The van der Waals surface area contributed by atoms with Gasteiger partial charge in [0.15, 0.2) is 0 Å². The summed E-state index contributed by atoms with van der Waals surface area (Å²) in [6, 6.07) is 7.23. The minimum Gasteiger partial charge on any atom is -0.319 e. The largest absolute Gasteiger partial charge is 0.319 e. The zero-order chi connectivity index (χ0) is 9.71. The highest BCUT2D eigenvalue weighted by atomic mass is 16.2. The molecule has 2 aliphatic rings. The Morgan fingerprint density at radius 2 is 1.93 bits per heavy atom. The summed E-state index contributed by atoms with van der Waals surface area (Å²) in [6.07, 6.45) is 1.34. The number of fused-ring (bicyclic) bond motifs is 3. The summed E-state index contributed by atoms with van der Waals surface area (Å²) < 4.78 is 0. The molecule has 0 saturated carbocycles. The first-order chi connectivity index (χ1) is 6.77. The van der Waals surface area contributed by atoms with Gasteiger partial charge in [-0.2, -0.15) is 0 Å². The van der Waals surface area contributed by atoms with Crippen molar-refractivity contribution in [2.45, 2.75) is 0 Å². The molecule has 0 aliphatic carbocycles. The Morgan fingerprint density at radius 3 is 2.71 bits per heavy atom. The monoisotopic (exact) mass is 186 g/mol. The van der Waals surface area contributed by atoms with Crippen molar-refractivity contribution in [3.05, 3.63) is 36.0 Å². The van der Waals surface area contributed by atoms with E-state index in [4.69, 9.17) is 0 Å². The fraction of sp³-hybridized carbons (Fsp3) is 0. The first-order valence-electron chi connectivity index (χ1n) is 4.23. The van der Waals surface area contributed by atoms with Crippen LogP contribution in [0.4, 0.5) is 11.4 Å². The van der Waals surface area contributed by atoms with Gasteiger partial charge in [0, 0.05) is 6.08 Å². The Labute approximate surface area is 79.8 Å². The predicted octanol–water partition coefficient (Wildman–Crippen LogP) is 0.869. The normalized spacial score (nSPS) is 17.7. The first kappa shape index (κ1) is 7.32. The molecule has 2 amide bonds. The third kappa shape index (κ3) is 0.724. The van der Waals surface area contributed by atoms with Gasteiger partial charge in [-0.15, -0.1) is 0 Å². The van der Waals surface area contributed by atoms with Crippen LogP contribution in [0.5, 0.6) is 0 Å².